The monoisotopic (exact) mass is 444 g/mol. The van der Waals surface area contributed by atoms with Gasteiger partial charge in [0.25, 0.3) is 0 Å². The van der Waals surface area contributed by atoms with E-state index in [4.69, 9.17) is 15.7 Å². The first-order chi connectivity index (χ1) is 16.5. The molecular weight excluding hydrogens is 420 g/mol. The second kappa shape index (κ2) is 8.79. The second-order valence-corrected chi connectivity index (χ2v) is 8.40. The highest BCUT2D eigenvalue weighted by molar-refractivity contribution is 5.97. The maximum atomic E-state index is 11.9. The van der Waals surface area contributed by atoms with Crippen molar-refractivity contribution in [3.05, 3.63) is 108 Å². The lowest BCUT2D eigenvalue weighted by Crippen LogP contribution is -2.11. The Kier molecular flexibility index (Phi) is 5.52. The maximum absolute atomic E-state index is 11.9. The average Bonchev–Trinajstić information content (AvgIpc) is 2.83. The van der Waals surface area contributed by atoms with Crippen LogP contribution in [0.4, 0.5) is 11.6 Å². The summed E-state index contributed by atoms with van der Waals surface area (Å²) in [6.45, 7) is 4.11. The van der Waals surface area contributed by atoms with Gasteiger partial charge in [-0.2, -0.15) is 0 Å². The molecular formula is C29H24N4O. The van der Waals surface area contributed by atoms with Gasteiger partial charge < -0.3 is 11.1 Å². The lowest BCUT2D eigenvalue weighted by atomic mass is 9.97. The molecule has 1 aromatic heterocycles. The minimum atomic E-state index is -0.467. The number of hydrogen-bond donors (Lipinski definition) is 2. The zero-order valence-corrected chi connectivity index (χ0v) is 19.0. The molecule has 34 heavy (non-hydrogen) atoms. The van der Waals surface area contributed by atoms with Gasteiger partial charge in [0.2, 0.25) is 11.9 Å². The number of para-hydroxylation sites is 1. The van der Waals surface area contributed by atoms with Gasteiger partial charge in [0.1, 0.15) is 0 Å². The van der Waals surface area contributed by atoms with Gasteiger partial charge in [-0.05, 0) is 43.7 Å². The number of benzene rings is 4. The Labute approximate surface area is 198 Å². The van der Waals surface area contributed by atoms with E-state index in [0.717, 1.165) is 50.1 Å². The van der Waals surface area contributed by atoms with Crippen LogP contribution in [0.25, 0.3) is 33.3 Å². The molecule has 0 bridgehead atoms. The Hall–Kier alpha value is -4.51. The third-order valence-corrected chi connectivity index (χ3v) is 5.73. The third-order valence-electron chi connectivity index (χ3n) is 5.73. The summed E-state index contributed by atoms with van der Waals surface area (Å²) in [6, 6.07) is 29.7. The van der Waals surface area contributed by atoms with E-state index in [1.54, 1.807) is 6.07 Å². The number of rotatable bonds is 5. The Balaban J connectivity index is 1.66. The lowest BCUT2D eigenvalue weighted by Gasteiger charge is -2.15. The van der Waals surface area contributed by atoms with E-state index >= 15 is 0 Å². The molecule has 1 amide bonds. The largest absolute Gasteiger partial charge is 0.366 e. The van der Waals surface area contributed by atoms with Gasteiger partial charge in [-0.1, -0.05) is 77.9 Å². The standard InChI is InChI=1S/C29H24N4O/c1-18-14-19(2)16-22(15-18)24-17-21(28(30)34)12-13-26(24)32-29-31-25-11-7-6-10-23(25)27(33-29)20-8-4-3-5-9-20/h3-17H,1-2H3,(H2,30,34)(H,31,32,33). The molecule has 0 spiro atoms. The molecule has 0 fully saturated rings. The molecule has 1 heterocycles. The van der Waals surface area contributed by atoms with Crippen LogP contribution in [0, 0.1) is 13.8 Å². The van der Waals surface area contributed by atoms with E-state index in [2.05, 4.69) is 37.4 Å². The predicted molar refractivity (Wildman–Crippen MR) is 138 cm³/mol. The van der Waals surface area contributed by atoms with E-state index in [-0.39, 0.29) is 0 Å². The van der Waals surface area contributed by atoms with Crippen LogP contribution in [0.5, 0.6) is 0 Å². The van der Waals surface area contributed by atoms with Crippen molar-refractivity contribution >= 4 is 28.4 Å². The number of amides is 1. The summed E-state index contributed by atoms with van der Waals surface area (Å²) in [6.07, 6.45) is 0. The number of primary amides is 1. The first kappa shape index (κ1) is 21.3. The number of anilines is 2. The smallest absolute Gasteiger partial charge is 0.248 e. The molecule has 0 aliphatic carbocycles. The van der Waals surface area contributed by atoms with Crippen molar-refractivity contribution in [2.45, 2.75) is 13.8 Å². The quantitative estimate of drug-likeness (QED) is 0.328. The molecule has 0 saturated carbocycles. The second-order valence-electron chi connectivity index (χ2n) is 8.40. The fourth-order valence-electron chi connectivity index (χ4n) is 4.24. The number of nitrogens with one attached hydrogen (secondary N) is 1. The van der Waals surface area contributed by atoms with Crippen LogP contribution >= 0.6 is 0 Å². The summed E-state index contributed by atoms with van der Waals surface area (Å²) in [5, 5.41) is 4.39. The van der Waals surface area contributed by atoms with Gasteiger partial charge in [0.15, 0.2) is 0 Å². The van der Waals surface area contributed by atoms with Crippen molar-refractivity contribution in [2.75, 3.05) is 5.32 Å². The number of hydrogen-bond acceptors (Lipinski definition) is 4. The topological polar surface area (TPSA) is 80.9 Å². The lowest BCUT2D eigenvalue weighted by molar-refractivity contribution is 0.100. The first-order valence-corrected chi connectivity index (χ1v) is 11.1. The number of nitrogens with zero attached hydrogens (tertiary/aromatic N) is 2. The van der Waals surface area contributed by atoms with Crippen LogP contribution in [0.3, 0.4) is 0 Å². The Morgan fingerprint density at radius 2 is 1.47 bits per heavy atom. The average molecular weight is 445 g/mol. The van der Waals surface area contributed by atoms with Crippen molar-refractivity contribution in [1.82, 2.24) is 9.97 Å². The van der Waals surface area contributed by atoms with E-state index in [0.29, 0.717) is 11.5 Å². The number of aryl methyl sites for hydroxylation is 2. The number of carbonyl (C=O) groups is 1. The van der Waals surface area contributed by atoms with Crippen molar-refractivity contribution < 1.29 is 4.79 Å². The molecule has 0 unspecified atom stereocenters. The number of nitrogens with two attached hydrogens (primary N) is 1. The SMILES string of the molecule is Cc1cc(C)cc(-c2cc(C(N)=O)ccc2Nc2nc(-c3ccccc3)c3ccccc3n2)c1. The van der Waals surface area contributed by atoms with Crippen molar-refractivity contribution in [1.29, 1.82) is 0 Å². The highest BCUT2D eigenvalue weighted by Crippen LogP contribution is 2.34. The fraction of sp³-hybridized carbons (Fsp3) is 0.0690. The summed E-state index contributed by atoms with van der Waals surface area (Å²) < 4.78 is 0. The predicted octanol–water partition coefficient (Wildman–Crippen LogP) is 6.42. The molecule has 0 aliphatic heterocycles. The van der Waals surface area contributed by atoms with E-state index in [1.165, 1.54) is 0 Å². The van der Waals surface area contributed by atoms with Crippen LogP contribution in [0.2, 0.25) is 0 Å². The number of aromatic nitrogens is 2. The molecule has 0 aliphatic rings. The zero-order valence-electron chi connectivity index (χ0n) is 19.0. The summed E-state index contributed by atoms with van der Waals surface area (Å²) >= 11 is 0. The highest BCUT2D eigenvalue weighted by atomic mass is 16.1. The molecule has 166 valence electrons. The van der Waals surface area contributed by atoms with E-state index in [1.807, 2.05) is 66.7 Å². The highest BCUT2D eigenvalue weighted by Gasteiger charge is 2.14. The molecule has 0 saturated heterocycles. The molecule has 3 N–H and O–H groups in total. The Morgan fingerprint density at radius 3 is 2.21 bits per heavy atom. The van der Waals surface area contributed by atoms with Crippen molar-refractivity contribution in [3.63, 3.8) is 0 Å². The van der Waals surface area contributed by atoms with Crippen molar-refractivity contribution in [2.24, 2.45) is 5.73 Å². The van der Waals surface area contributed by atoms with Gasteiger partial charge in [-0.15, -0.1) is 0 Å². The first-order valence-electron chi connectivity index (χ1n) is 11.1. The van der Waals surface area contributed by atoms with E-state index in [9.17, 15) is 4.79 Å². The summed E-state index contributed by atoms with van der Waals surface area (Å²) in [4.78, 5) is 21.6. The number of carbonyl (C=O) groups excluding carboxylic acids is 1. The van der Waals surface area contributed by atoms with Gasteiger partial charge in [-0.25, -0.2) is 9.97 Å². The zero-order chi connectivity index (χ0) is 23.7. The fourth-order valence-corrected chi connectivity index (χ4v) is 4.24. The molecule has 0 atom stereocenters. The van der Waals surface area contributed by atoms with Gasteiger partial charge in [0.05, 0.1) is 11.2 Å². The minimum absolute atomic E-state index is 0.448. The maximum Gasteiger partial charge on any atom is 0.248 e. The van der Waals surface area contributed by atoms with Gasteiger partial charge in [-0.3, -0.25) is 4.79 Å². The Morgan fingerprint density at radius 1 is 0.765 bits per heavy atom. The molecule has 5 heteroatoms. The van der Waals surface area contributed by atoms with Crippen LogP contribution in [-0.2, 0) is 0 Å². The third kappa shape index (κ3) is 4.24. The number of fused-ring (bicyclic) bond motifs is 1. The Bertz CT molecular complexity index is 1510. The van der Waals surface area contributed by atoms with Crippen LogP contribution in [0.1, 0.15) is 21.5 Å². The van der Waals surface area contributed by atoms with Crippen LogP contribution in [0.15, 0.2) is 91.0 Å². The summed E-state index contributed by atoms with van der Waals surface area (Å²) in [7, 11) is 0. The summed E-state index contributed by atoms with van der Waals surface area (Å²) in [5.74, 6) is 0.0143. The van der Waals surface area contributed by atoms with Gasteiger partial charge in [0, 0.05) is 27.8 Å². The van der Waals surface area contributed by atoms with Crippen LogP contribution in [-0.4, -0.2) is 15.9 Å². The molecule has 5 nitrogen and oxygen atoms in total. The normalized spacial score (nSPS) is 10.9. The minimum Gasteiger partial charge on any atom is -0.366 e. The van der Waals surface area contributed by atoms with Gasteiger partial charge >= 0.3 is 0 Å². The molecule has 5 aromatic rings. The molecule has 4 aromatic carbocycles. The van der Waals surface area contributed by atoms with Crippen LogP contribution < -0.4 is 11.1 Å². The van der Waals surface area contributed by atoms with Crippen molar-refractivity contribution in [3.8, 4) is 22.4 Å². The molecule has 5 rings (SSSR count). The molecule has 0 radical (unpaired) electrons. The van der Waals surface area contributed by atoms with E-state index < -0.39 is 5.91 Å². The summed E-state index contributed by atoms with van der Waals surface area (Å²) in [5.41, 5.74) is 13.7.